The number of hydrogen-bond donors (Lipinski definition) is 2. The lowest BCUT2D eigenvalue weighted by Crippen LogP contribution is -2.34. The summed E-state index contributed by atoms with van der Waals surface area (Å²) in [5.41, 5.74) is -0.265. The summed E-state index contributed by atoms with van der Waals surface area (Å²) in [6.07, 6.45) is 2.66. The SMILES string of the molecule is O=c1[nH]nc2c3[nH]cnc3ncn2c1=O. The smallest absolute Gasteiger partial charge is 0.330 e. The zero-order chi connectivity index (χ0) is 10.4. The van der Waals surface area contributed by atoms with Crippen LogP contribution in [0.5, 0.6) is 0 Å². The van der Waals surface area contributed by atoms with Crippen LogP contribution in [0, 0.1) is 0 Å². The molecular weight excluding hydrogens is 200 g/mol. The molecule has 0 aliphatic heterocycles. The van der Waals surface area contributed by atoms with Gasteiger partial charge >= 0.3 is 11.1 Å². The van der Waals surface area contributed by atoms with E-state index in [2.05, 4.69) is 25.1 Å². The Morgan fingerprint density at radius 2 is 2.13 bits per heavy atom. The van der Waals surface area contributed by atoms with Crippen LogP contribution in [0.4, 0.5) is 0 Å². The topological polar surface area (TPSA) is 109 Å². The minimum absolute atomic E-state index is 0.294. The maximum Gasteiger partial charge on any atom is 0.330 e. The second-order valence-corrected chi connectivity index (χ2v) is 2.90. The van der Waals surface area contributed by atoms with Gasteiger partial charge in [-0.1, -0.05) is 0 Å². The Kier molecular flexibility index (Phi) is 1.31. The fourth-order valence-corrected chi connectivity index (χ4v) is 1.36. The van der Waals surface area contributed by atoms with Crippen LogP contribution >= 0.6 is 0 Å². The van der Waals surface area contributed by atoms with Crippen LogP contribution in [-0.4, -0.2) is 29.5 Å². The Bertz CT molecular complexity index is 766. The second-order valence-electron chi connectivity index (χ2n) is 2.90. The van der Waals surface area contributed by atoms with Gasteiger partial charge in [0.25, 0.3) is 0 Å². The zero-order valence-electron chi connectivity index (χ0n) is 7.26. The molecule has 3 aromatic rings. The van der Waals surface area contributed by atoms with Gasteiger partial charge in [0.05, 0.1) is 6.33 Å². The van der Waals surface area contributed by atoms with Gasteiger partial charge < -0.3 is 4.98 Å². The number of nitrogens with zero attached hydrogens (tertiary/aromatic N) is 4. The zero-order valence-corrected chi connectivity index (χ0v) is 7.26. The Hall–Kier alpha value is -2.51. The molecule has 0 saturated carbocycles. The van der Waals surface area contributed by atoms with Crippen LogP contribution in [0.25, 0.3) is 16.8 Å². The molecule has 3 heterocycles. The number of aromatic amines is 2. The highest BCUT2D eigenvalue weighted by atomic mass is 16.2. The maximum atomic E-state index is 11.4. The Morgan fingerprint density at radius 1 is 1.27 bits per heavy atom. The van der Waals surface area contributed by atoms with Crippen LogP contribution in [0.3, 0.4) is 0 Å². The van der Waals surface area contributed by atoms with Crippen LogP contribution in [0.2, 0.25) is 0 Å². The van der Waals surface area contributed by atoms with Crippen LogP contribution in [0.1, 0.15) is 0 Å². The fourth-order valence-electron chi connectivity index (χ4n) is 1.36. The molecule has 0 bridgehead atoms. The van der Waals surface area contributed by atoms with Crippen molar-refractivity contribution in [3.63, 3.8) is 0 Å². The summed E-state index contributed by atoms with van der Waals surface area (Å²) in [5.74, 6) is 0. The molecule has 8 heteroatoms. The van der Waals surface area contributed by atoms with Crippen molar-refractivity contribution >= 4 is 16.8 Å². The van der Waals surface area contributed by atoms with Crippen LogP contribution in [-0.2, 0) is 0 Å². The van der Waals surface area contributed by atoms with Gasteiger partial charge in [0.1, 0.15) is 11.8 Å². The highest BCUT2D eigenvalue weighted by Gasteiger charge is 2.07. The Balaban J connectivity index is 2.72. The molecule has 15 heavy (non-hydrogen) atoms. The number of aromatic nitrogens is 6. The molecule has 74 valence electrons. The fraction of sp³-hybridized carbons (Fsp3) is 0. The molecule has 0 spiro atoms. The van der Waals surface area contributed by atoms with Crippen LogP contribution < -0.4 is 11.1 Å². The van der Waals surface area contributed by atoms with Crippen molar-refractivity contribution in [3.05, 3.63) is 33.4 Å². The van der Waals surface area contributed by atoms with E-state index in [1.54, 1.807) is 0 Å². The lowest BCUT2D eigenvalue weighted by Gasteiger charge is -1.96. The molecule has 0 aromatic carbocycles. The van der Waals surface area contributed by atoms with Gasteiger partial charge in [0, 0.05) is 0 Å². The van der Waals surface area contributed by atoms with Crippen molar-refractivity contribution in [1.82, 2.24) is 29.5 Å². The Morgan fingerprint density at radius 3 is 3.00 bits per heavy atom. The largest absolute Gasteiger partial charge is 0.340 e. The number of fused-ring (bicyclic) bond motifs is 3. The highest BCUT2D eigenvalue weighted by Crippen LogP contribution is 2.07. The van der Waals surface area contributed by atoms with Crippen molar-refractivity contribution in [1.29, 1.82) is 0 Å². The molecule has 0 aliphatic rings. The molecular formula is C7H4N6O2. The van der Waals surface area contributed by atoms with Gasteiger partial charge in [-0.3, -0.25) is 9.59 Å². The molecule has 0 amide bonds. The van der Waals surface area contributed by atoms with E-state index in [1.807, 2.05) is 0 Å². The summed E-state index contributed by atoms with van der Waals surface area (Å²) < 4.78 is 1.07. The first-order valence-corrected chi connectivity index (χ1v) is 4.06. The van der Waals surface area contributed by atoms with Crippen molar-refractivity contribution in [3.8, 4) is 0 Å². The van der Waals surface area contributed by atoms with E-state index in [9.17, 15) is 9.59 Å². The summed E-state index contributed by atoms with van der Waals surface area (Å²) >= 11 is 0. The predicted molar refractivity (Wildman–Crippen MR) is 49.5 cm³/mol. The number of H-pyrrole nitrogens is 2. The van der Waals surface area contributed by atoms with Crippen molar-refractivity contribution < 1.29 is 0 Å². The normalized spacial score (nSPS) is 11.2. The van der Waals surface area contributed by atoms with E-state index in [1.165, 1.54) is 12.7 Å². The van der Waals surface area contributed by atoms with Gasteiger partial charge in [0.2, 0.25) is 0 Å². The highest BCUT2D eigenvalue weighted by molar-refractivity contribution is 5.83. The molecule has 0 saturated heterocycles. The monoisotopic (exact) mass is 204 g/mol. The molecule has 2 N–H and O–H groups in total. The third kappa shape index (κ3) is 0.923. The Labute approximate surface area is 80.6 Å². The van der Waals surface area contributed by atoms with Crippen molar-refractivity contribution in [2.45, 2.75) is 0 Å². The van der Waals surface area contributed by atoms with Gasteiger partial charge in [0.15, 0.2) is 11.3 Å². The standard InChI is InChI=1S/C7H4N6O2/c14-6-7(15)13-2-10-4-3(8-1-9-4)5(13)11-12-6/h1-2H,(H,8,9)(H,12,14). The average Bonchev–Trinajstić information content (AvgIpc) is 2.71. The van der Waals surface area contributed by atoms with E-state index in [0.717, 1.165) is 4.40 Å². The second kappa shape index (κ2) is 2.50. The van der Waals surface area contributed by atoms with E-state index in [0.29, 0.717) is 16.8 Å². The predicted octanol–water partition coefficient (Wildman–Crippen LogP) is -1.35. The molecule has 0 unspecified atom stereocenters. The number of hydrogen-bond acceptors (Lipinski definition) is 5. The summed E-state index contributed by atoms with van der Waals surface area (Å²) in [7, 11) is 0. The number of nitrogens with one attached hydrogen (secondary N) is 2. The van der Waals surface area contributed by atoms with Gasteiger partial charge in [-0.05, 0) is 0 Å². The lowest BCUT2D eigenvalue weighted by molar-refractivity contribution is 0.885. The van der Waals surface area contributed by atoms with Gasteiger partial charge in [-0.15, -0.1) is 0 Å². The van der Waals surface area contributed by atoms with Gasteiger partial charge in [-0.25, -0.2) is 19.5 Å². The first kappa shape index (κ1) is 7.85. The number of rotatable bonds is 0. The molecule has 0 fully saturated rings. The first-order valence-electron chi connectivity index (χ1n) is 4.06. The molecule has 8 nitrogen and oxygen atoms in total. The third-order valence-corrected chi connectivity index (χ3v) is 2.04. The summed E-state index contributed by atoms with van der Waals surface area (Å²) in [4.78, 5) is 33.0. The summed E-state index contributed by atoms with van der Waals surface area (Å²) in [5, 5.41) is 5.87. The summed E-state index contributed by atoms with van der Waals surface area (Å²) in [6.45, 7) is 0. The summed E-state index contributed by atoms with van der Waals surface area (Å²) in [6, 6.07) is 0. The third-order valence-electron chi connectivity index (χ3n) is 2.04. The molecule has 0 atom stereocenters. The maximum absolute atomic E-state index is 11.4. The lowest BCUT2D eigenvalue weighted by atomic mass is 10.5. The molecule has 0 radical (unpaired) electrons. The van der Waals surface area contributed by atoms with E-state index in [-0.39, 0.29) is 0 Å². The average molecular weight is 204 g/mol. The molecule has 3 rings (SSSR count). The number of imidazole rings is 1. The quantitative estimate of drug-likeness (QED) is 0.440. The minimum atomic E-state index is -0.784. The van der Waals surface area contributed by atoms with Gasteiger partial charge in [-0.2, -0.15) is 5.10 Å². The van der Waals surface area contributed by atoms with Crippen molar-refractivity contribution in [2.75, 3.05) is 0 Å². The van der Waals surface area contributed by atoms with E-state index >= 15 is 0 Å². The molecule has 0 aliphatic carbocycles. The first-order chi connectivity index (χ1) is 7.27. The van der Waals surface area contributed by atoms with Crippen LogP contribution in [0.15, 0.2) is 22.2 Å². The van der Waals surface area contributed by atoms with E-state index < -0.39 is 11.1 Å². The molecule has 3 aromatic heterocycles. The van der Waals surface area contributed by atoms with Crippen molar-refractivity contribution in [2.24, 2.45) is 0 Å². The minimum Gasteiger partial charge on any atom is -0.340 e. The van der Waals surface area contributed by atoms with E-state index in [4.69, 9.17) is 0 Å².